The lowest BCUT2D eigenvalue weighted by atomic mass is 10.0. The van der Waals surface area contributed by atoms with E-state index in [9.17, 15) is 4.79 Å². The van der Waals surface area contributed by atoms with Crippen LogP contribution in [0.1, 0.15) is 18.4 Å². The highest BCUT2D eigenvalue weighted by Crippen LogP contribution is 2.25. The van der Waals surface area contributed by atoms with Crippen molar-refractivity contribution in [1.82, 2.24) is 4.90 Å². The van der Waals surface area contributed by atoms with Crippen LogP contribution in [-0.4, -0.2) is 36.5 Å². The summed E-state index contributed by atoms with van der Waals surface area (Å²) in [7, 11) is 0. The molecule has 3 N–H and O–H groups in total. The van der Waals surface area contributed by atoms with Crippen LogP contribution in [0.5, 0.6) is 0 Å². The van der Waals surface area contributed by atoms with Crippen LogP contribution < -0.4 is 11.1 Å². The Bertz CT molecular complexity index is 532. The summed E-state index contributed by atoms with van der Waals surface area (Å²) in [6, 6.07) is 7.62. The molecule has 2 rings (SSSR count). The van der Waals surface area contributed by atoms with Crippen molar-refractivity contribution in [2.24, 2.45) is 5.73 Å². The van der Waals surface area contributed by atoms with E-state index in [1.54, 1.807) is 12.1 Å². The van der Waals surface area contributed by atoms with E-state index in [0.29, 0.717) is 23.2 Å². The minimum Gasteiger partial charge on any atom is -0.381 e. The molecular formula is C14H17ClN4O. The molecule has 1 saturated heterocycles. The van der Waals surface area contributed by atoms with E-state index in [-0.39, 0.29) is 5.91 Å². The van der Waals surface area contributed by atoms with Crippen molar-refractivity contribution in [1.29, 1.82) is 5.26 Å². The number of benzene rings is 1. The van der Waals surface area contributed by atoms with Gasteiger partial charge in [0.2, 0.25) is 5.91 Å². The fourth-order valence-corrected chi connectivity index (χ4v) is 2.61. The fraction of sp³-hybridized carbons (Fsp3) is 0.429. The topological polar surface area (TPSA) is 82.2 Å². The standard InChI is InChI=1S/C14H17ClN4O/c15-12-7-10(8-16)1-2-13(12)18-11-3-5-19(6-4-11)9-14(17)20/h1-2,7,11,18H,3-6,9H2,(H2,17,20). The van der Waals surface area contributed by atoms with Crippen molar-refractivity contribution >= 4 is 23.2 Å². The number of halogens is 1. The van der Waals surface area contributed by atoms with Gasteiger partial charge in [-0.3, -0.25) is 9.69 Å². The summed E-state index contributed by atoms with van der Waals surface area (Å²) in [5.41, 5.74) is 6.59. The molecule has 0 atom stereocenters. The van der Waals surface area contributed by atoms with E-state index in [1.165, 1.54) is 0 Å². The van der Waals surface area contributed by atoms with Crippen molar-refractivity contribution in [3.05, 3.63) is 28.8 Å². The Morgan fingerprint density at radius 1 is 1.50 bits per heavy atom. The molecule has 0 unspecified atom stereocenters. The Balaban J connectivity index is 1.90. The number of amides is 1. The molecule has 6 heteroatoms. The number of carbonyl (C=O) groups excluding carboxylic acids is 1. The summed E-state index contributed by atoms with van der Waals surface area (Å²) in [6.45, 7) is 2.01. The van der Waals surface area contributed by atoms with E-state index < -0.39 is 0 Å². The Hall–Kier alpha value is -1.77. The monoisotopic (exact) mass is 292 g/mol. The Morgan fingerprint density at radius 2 is 2.20 bits per heavy atom. The highest BCUT2D eigenvalue weighted by atomic mass is 35.5. The molecular weight excluding hydrogens is 276 g/mol. The van der Waals surface area contributed by atoms with Crippen LogP contribution >= 0.6 is 11.6 Å². The number of hydrogen-bond donors (Lipinski definition) is 2. The summed E-state index contributed by atoms with van der Waals surface area (Å²) >= 11 is 6.14. The van der Waals surface area contributed by atoms with Crippen molar-refractivity contribution in [2.75, 3.05) is 25.0 Å². The normalized spacial score (nSPS) is 16.6. The lowest BCUT2D eigenvalue weighted by molar-refractivity contribution is -0.119. The largest absolute Gasteiger partial charge is 0.381 e. The van der Waals surface area contributed by atoms with E-state index in [0.717, 1.165) is 31.6 Å². The van der Waals surface area contributed by atoms with Gasteiger partial charge >= 0.3 is 0 Å². The summed E-state index contributed by atoms with van der Waals surface area (Å²) < 4.78 is 0. The molecule has 1 heterocycles. The molecule has 0 aliphatic carbocycles. The minimum absolute atomic E-state index is 0.286. The van der Waals surface area contributed by atoms with Crippen LogP contribution in [0.15, 0.2) is 18.2 Å². The number of primary amides is 1. The number of anilines is 1. The maximum atomic E-state index is 10.9. The number of likely N-dealkylation sites (tertiary alicyclic amines) is 1. The number of nitrogens with two attached hydrogens (primary N) is 1. The predicted octanol–water partition coefficient (Wildman–Crippen LogP) is 1.57. The highest BCUT2D eigenvalue weighted by molar-refractivity contribution is 6.33. The molecule has 1 amide bonds. The van der Waals surface area contributed by atoms with Crippen LogP contribution in [0, 0.1) is 11.3 Å². The summed E-state index contributed by atoms with van der Waals surface area (Å²) in [4.78, 5) is 12.9. The number of hydrogen-bond acceptors (Lipinski definition) is 4. The van der Waals surface area contributed by atoms with Gasteiger partial charge in [-0.15, -0.1) is 0 Å². The molecule has 0 radical (unpaired) electrons. The molecule has 5 nitrogen and oxygen atoms in total. The quantitative estimate of drug-likeness (QED) is 0.882. The molecule has 1 aromatic carbocycles. The number of carbonyl (C=O) groups is 1. The average molecular weight is 293 g/mol. The first kappa shape index (κ1) is 14.6. The first-order valence-corrected chi connectivity index (χ1v) is 6.93. The highest BCUT2D eigenvalue weighted by Gasteiger charge is 2.20. The van der Waals surface area contributed by atoms with Gasteiger partial charge in [0.05, 0.1) is 28.9 Å². The van der Waals surface area contributed by atoms with Crippen molar-refractivity contribution in [2.45, 2.75) is 18.9 Å². The minimum atomic E-state index is -0.286. The van der Waals surface area contributed by atoms with Crippen molar-refractivity contribution in [3.63, 3.8) is 0 Å². The molecule has 106 valence electrons. The summed E-state index contributed by atoms with van der Waals surface area (Å²) in [5, 5.41) is 12.8. The number of piperidine rings is 1. The van der Waals surface area contributed by atoms with Gasteiger partial charge in [0.25, 0.3) is 0 Å². The van der Waals surface area contributed by atoms with Crippen molar-refractivity contribution < 1.29 is 4.79 Å². The zero-order valence-corrected chi connectivity index (χ0v) is 11.9. The van der Waals surface area contributed by atoms with Gasteiger partial charge in [0, 0.05) is 19.1 Å². The first-order valence-electron chi connectivity index (χ1n) is 6.55. The van der Waals surface area contributed by atoms with Crippen LogP contribution in [-0.2, 0) is 4.79 Å². The number of nitrogens with zero attached hydrogens (tertiary/aromatic N) is 2. The zero-order chi connectivity index (χ0) is 14.5. The van der Waals surface area contributed by atoms with Crippen molar-refractivity contribution in [3.8, 4) is 6.07 Å². The van der Waals surface area contributed by atoms with Crippen LogP contribution in [0.3, 0.4) is 0 Å². The fourth-order valence-electron chi connectivity index (χ4n) is 2.38. The second-order valence-electron chi connectivity index (χ2n) is 4.97. The van der Waals surface area contributed by atoms with E-state index >= 15 is 0 Å². The van der Waals surface area contributed by atoms with Gasteiger partial charge in [-0.05, 0) is 31.0 Å². The number of nitrogens with one attached hydrogen (secondary N) is 1. The molecule has 0 spiro atoms. The molecule has 0 bridgehead atoms. The van der Waals surface area contributed by atoms with Gasteiger partial charge in [0.1, 0.15) is 0 Å². The number of nitriles is 1. The second-order valence-corrected chi connectivity index (χ2v) is 5.37. The third-order valence-corrected chi connectivity index (χ3v) is 3.74. The molecule has 0 saturated carbocycles. The molecule has 1 aromatic rings. The maximum absolute atomic E-state index is 10.9. The average Bonchev–Trinajstić information content (AvgIpc) is 2.42. The third kappa shape index (κ3) is 3.86. The zero-order valence-electron chi connectivity index (χ0n) is 11.1. The Labute approximate surface area is 123 Å². The molecule has 0 aromatic heterocycles. The smallest absolute Gasteiger partial charge is 0.231 e. The molecule has 1 aliphatic rings. The molecule has 1 fully saturated rings. The van der Waals surface area contributed by atoms with Gasteiger partial charge in [-0.1, -0.05) is 11.6 Å². The summed E-state index contributed by atoms with van der Waals surface area (Å²) in [5.74, 6) is -0.286. The second kappa shape index (κ2) is 6.60. The SMILES string of the molecule is N#Cc1ccc(NC2CCN(CC(N)=O)CC2)c(Cl)c1. The lowest BCUT2D eigenvalue weighted by Gasteiger charge is -2.32. The van der Waals surface area contributed by atoms with E-state index in [2.05, 4.69) is 16.3 Å². The van der Waals surface area contributed by atoms with Gasteiger partial charge < -0.3 is 11.1 Å². The Kier molecular flexibility index (Phi) is 4.83. The van der Waals surface area contributed by atoms with Gasteiger partial charge in [-0.2, -0.15) is 5.26 Å². The van der Waals surface area contributed by atoms with Crippen LogP contribution in [0.25, 0.3) is 0 Å². The third-order valence-electron chi connectivity index (χ3n) is 3.42. The van der Waals surface area contributed by atoms with Crippen LogP contribution in [0.4, 0.5) is 5.69 Å². The van der Waals surface area contributed by atoms with Crippen LogP contribution in [0.2, 0.25) is 5.02 Å². The lowest BCUT2D eigenvalue weighted by Crippen LogP contribution is -2.42. The maximum Gasteiger partial charge on any atom is 0.231 e. The predicted molar refractivity (Wildman–Crippen MR) is 78.4 cm³/mol. The van der Waals surface area contributed by atoms with E-state index in [4.69, 9.17) is 22.6 Å². The summed E-state index contributed by atoms with van der Waals surface area (Å²) in [6.07, 6.45) is 1.87. The first-order chi connectivity index (χ1) is 9.58. The Morgan fingerprint density at radius 3 is 2.75 bits per heavy atom. The van der Waals surface area contributed by atoms with E-state index in [1.807, 2.05) is 6.07 Å². The van der Waals surface area contributed by atoms with Gasteiger partial charge in [0.15, 0.2) is 0 Å². The number of rotatable bonds is 4. The molecule has 1 aliphatic heterocycles. The molecule has 20 heavy (non-hydrogen) atoms. The van der Waals surface area contributed by atoms with Gasteiger partial charge in [-0.25, -0.2) is 0 Å².